The number of carbonyl (C=O) groups is 1. The molecule has 4 rings (SSSR count). The number of nitrogens with zero attached hydrogens (tertiary/aromatic N) is 4. The zero-order valence-electron chi connectivity index (χ0n) is 16.5. The van der Waals surface area contributed by atoms with Crippen LogP contribution in [0.2, 0.25) is 0 Å². The van der Waals surface area contributed by atoms with Crippen LogP contribution in [-0.4, -0.2) is 48.8 Å². The normalized spacial score (nSPS) is 16.6. The number of likely N-dealkylation sites (tertiary alicyclic amines) is 1. The number of amides is 1. The molecule has 2 aromatic heterocycles. The maximum absolute atomic E-state index is 13.0. The molecule has 0 saturated carbocycles. The molecule has 1 aliphatic heterocycles. The highest BCUT2D eigenvalue weighted by Gasteiger charge is 2.33. The monoisotopic (exact) mass is 398 g/mol. The van der Waals surface area contributed by atoms with Crippen LogP contribution < -0.4 is 5.32 Å². The van der Waals surface area contributed by atoms with Crippen LogP contribution in [0, 0.1) is 5.92 Å². The lowest BCUT2D eigenvalue weighted by atomic mass is 9.89. The van der Waals surface area contributed by atoms with Crippen molar-refractivity contribution in [2.45, 2.75) is 45.6 Å². The van der Waals surface area contributed by atoms with Gasteiger partial charge in [-0.3, -0.25) is 4.79 Å². The Morgan fingerprint density at radius 3 is 2.89 bits per heavy atom. The molecule has 0 radical (unpaired) electrons. The van der Waals surface area contributed by atoms with Crippen LogP contribution in [0.3, 0.4) is 0 Å². The lowest BCUT2D eigenvalue weighted by Gasteiger charge is -2.39. The molecule has 1 saturated heterocycles. The second-order valence-corrected chi connectivity index (χ2v) is 8.95. The van der Waals surface area contributed by atoms with Crippen molar-refractivity contribution in [2.24, 2.45) is 5.92 Å². The molecule has 0 aliphatic carbocycles. The lowest BCUT2D eigenvalue weighted by Crippen LogP contribution is -2.49. The van der Waals surface area contributed by atoms with E-state index in [4.69, 9.17) is 0 Å². The molecular formula is C20H26N6OS. The third-order valence-corrected chi connectivity index (χ3v) is 5.97. The van der Waals surface area contributed by atoms with Gasteiger partial charge in [-0.1, -0.05) is 19.9 Å². The van der Waals surface area contributed by atoms with Crippen molar-refractivity contribution < 1.29 is 4.79 Å². The number of hydrogen-bond acceptors (Lipinski definition) is 6. The SMILES string of the molecule is CC(C)Cc1nsc(NC2(C)CCN(C(=O)c3cccc4[nH]cnc34)CC2)n1. The van der Waals surface area contributed by atoms with Gasteiger partial charge in [0.2, 0.25) is 5.13 Å². The first-order valence-corrected chi connectivity index (χ1v) is 10.5. The topological polar surface area (TPSA) is 86.8 Å². The van der Waals surface area contributed by atoms with Gasteiger partial charge >= 0.3 is 0 Å². The summed E-state index contributed by atoms with van der Waals surface area (Å²) in [6.07, 6.45) is 4.27. The van der Waals surface area contributed by atoms with Gasteiger partial charge in [0.05, 0.1) is 17.4 Å². The van der Waals surface area contributed by atoms with Gasteiger partial charge in [-0.25, -0.2) is 9.97 Å². The third kappa shape index (κ3) is 3.87. The van der Waals surface area contributed by atoms with Gasteiger partial charge in [-0.05, 0) is 37.8 Å². The Hall–Kier alpha value is -2.48. The number of benzene rings is 1. The van der Waals surface area contributed by atoms with E-state index in [1.54, 1.807) is 6.33 Å². The van der Waals surface area contributed by atoms with Crippen LogP contribution in [-0.2, 0) is 6.42 Å². The number of rotatable bonds is 5. The van der Waals surface area contributed by atoms with E-state index in [9.17, 15) is 4.79 Å². The van der Waals surface area contributed by atoms with Crippen LogP contribution in [0.4, 0.5) is 5.13 Å². The summed E-state index contributed by atoms with van der Waals surface area (Å²) in [6, 6.07) is 5.69. The number of aromatic amines is 1. The Morgan fingerprint density at radius 2 is 2.14 bits per heavy atom. The minimum Gasteiger partial charge on any atom is -0.355 e. The molecule has 3 aromatic rings. The van der Waals surface area contributed by atoms with Crippen molar-refractivity contribution >= 4 is 33.6 Å². The maximum Gasteiger partial charge on any atom is 0.256 e. The number of H-pyrrole nitrogens is 1. The predicted molar refractivity (Wildman–Crippen MR) is 112 cm³/mol. The first-order valence-electron chi connectivity index (χ1n) is 9.76. The largest absolute Gasteiger partial charge is 0.355 e. The summed E-state index contributed by atoms with van der Waals surface area (Å²) in [5.74, 6) is 1.51. The average molecular weight is 399 g/mol. The molecular weight excluding hydrogens is 372 g/mol. The van der Waals surface area contributed by atoms with Crippen LogP contribution >= 0.6 is 11.5 Å². The number of para-hydroxylation sites is 1. The number of imidazole rings is 1. The highest BCUT2D eigenvalue weighted by atomic mass is 32.1. The molecule has 7 nitrogen and oxygen atoms in total. The number of fused-ring (bicyclic) bond motifs is 1. The summed E-state index contributed by atoms with van der Waals surface area (Å²) < 4.78 is 4.45. The summed E-state index contributed by atoms with van der Waals surface area (Å²) in [5.41, 5.74) is 2.22. The Morgan fingerprint density at radius 1 is 1.36 bits per heavy atom. The number of carbonyl (C=O) groups excluding carboxylic acids is 1. The number of anilines is 1. The average Bonchev–Trinajstić information content (AvgIpc) is 3.30. The van der Waals surface area contributed by atoms with Crippen molar-refractivity contribution in [1.82, 2.24) is 24.2 Å². The van der Waals surface area contributed by atoms with Crippen LogP contribution in [0.1, 0.15) is 49.8 Å². The Kier molecular flexibility index (Phi) is 5.05. The van der Waals surface area contributed by atoms with Crippen molar-refractivity contribution in [1.29, 1.82) is 0 Å². The van der Waals surface area contributed by atoms with Crippen molar-refractivity contribution in [3.05, 3.63) is 35.9 Å². The molecule has 8 heteroatoms. The van der Waals surface area contributed by atoms with Gasteiger partial charge in [0, 0.05) is 36.6 Å². The Balaban J connectivity index is 1.40. The molecule has 1 fully saturated rings. The molecule has 3 heterocycles. The molecule has 0 atom stereocenters. The number of piperidine rings is 1. The number of aromatic nitrogens is 4. The van der Waals surface area contributed by atoms with Gasteiger partial charge < -0.3 is 15.2 Å². The summed E-state index contributed by atoms with van der Waals surface area (Å²) in [7, 11) is 0. The highest BCUT2D eigenvalue weighted by molar-refractivity contribution is 7.09. The fourth-order valence-electron chi connectivity index (χ4n) is 3.65. The molecule has 148 valence electrons. The molecule has 1 amide bonds. The van der Waals surface area contributed by atoms with Crippen LogP contribution in [0.15, 0.2) is 24.5 Å². The minimum absolute atomic E-state index is 0.0508. The van der Waals surface area contributed by atoms with Gasteiger partial charge in [0.15, 0.2) is 0 Å². The summed E-state index contributed by atoms with van der Waals surface area (Å²) >= 11 is 1.43. The fourth-order valence-corrected chi connectivity index (χ4v) is 4.39. The fraction of sp³-hybridized carbons (Fsp3) is 0.500. The van der Waals surface area contributed by atoms with Crippen LogP contribution in [0.25, 0.3) is 11.0 Å². The van der Waals surface area contributed by atoms with Gasteiger partial charge in [0.1, 0.15) is 11.3 Å². The third-order valence-electron chi connectivity index (χ3n) is 5.30. The quantitative estimate of drug-likeness (QED) is 0.684. The Bertz CT molecular complexity index is 970. The second-order valence-electron chi connectivity index (χ2n) is 8.20. The van der Waals surface area contributed by atoms with Gasteiger partial charge in [0.25, 0.3) is 5.91 Å². The maximum atomic E-state index is 13.0. The zero-order valence-corrected chi connectivity index (χ0v) is 17.3. The predicted octanol–water partition coefficient (Wildman–Crippen LogP) is 3.72. The van der Waals surface area contributed by atoms with Crippen molar-refractivity contribution in [3.8, 4) is 0 Å². The van der Waals surface area contributed by atoms with E-state index in [1.807, 2.05) is 23.1 Å². The number of nitrogens with one attached hydrogen (secondary N) is 2. The molecule has 0 bridgehead atoms. The van der Waals surface area contributed by atoms with E-state index in [2.05, 4.69) is 45.4 Å². The minimum atomic E-state index is -0.0796. The van der Waals surface area contributed by atoms with Crippen molar-refractivity contribution in [2.75, 3.05) is 18.4 Å². The van der Waals surface area contributed by atoms with E-state index in [1.165, 1.54) is 11.5 Å². The van der Waals surface area contributed by atoms with Gasteiger partial charge in [-0.2, -0.15) is 4.37 Å². The molecule has 2 N–H and O–H groups in total. The molecule has 0 unspecified atom stereocenters. The van der Waals surface area contributed by atoms with E-state index in [0.29, 0.717) is 24.6 Å². The zero-order chi connectivity index (χ0) is 19.7. The highest BCUT2D eigenvalue weighted by Crippen LogP contribution is 2.29. The van der Waals surface area contributed by atoms with E-state index < -0.39 is 0 Å². The smallest absolute Gasteiger partial charge is 0.256 e. The molecule has 28 heavy (non-hydrogen) atoms. The molecule has 1 aliphatic rings. The molecule has 1 aromatic carbocycles. The van der Waals surface area contributed by atoms with Crippen LogP contribution in [0.5, 0.6) is 0 Å². The van der Waals surface area contributed by atoms with Gasteiger partial charge in [-0.15, -0.1) is 0 Å². The van der Waals surface area contributed by atoms with Crippen molar-refractivity contribution in [3.63, 3.8) is 0 Å². The van der Waals surface area contributed by atoms with E-state index in [-0.39, 0.29) is 11.4 Å². The second kappa shape index (κ2) is 7.50. The van der Waals surface area contributed by atoms with E-state index in [0.717, 1.165) is 41.3 Å². The summed E-state index contributed by atoms with van der Waals surface area (Å²) in [5, 5.41) is 4.44. The lowest BCUT2D eigenvalue weighted by molar-refractivity contribution is 0.0692. The first kappa shape index (κ1) is 18.9. The molecule has 0 spiro atoms. The summed E-state index contributed by atoms with van der Waals surface area (Å²) in [4.78, 5) is 27.0. The van der Waals surface area contributed by atoms with E-state index >= 15 is 0 Å². The Labute approximate surface area is 168 Å². The number of hydrogen-bond donors (Lipinski definition) is 2. The first-order chi connectivity index (χ1) is 13.4. The standard InChI is InChI=1S/C20H26N6OS/c1-13(2)11-16-23-19(28-25-16)24-20(3)7-9-26(10-8-20)18(27)14-5-4-6-15-17(14)22-12-21-15/h4-6,12-13H,7-11H2,1-3H3,(H,21,22)(H,23,24,25). The summed E-state index contributed by atoms with van der Waals surface area (Å²) in [6.45, 7) is 7.96.